The molecule has 23 heavy (non-hydrogen) atoms. The van der Waals surface area contributed by atoms with Crippen molar-refractivity contribution in [3.8, 4) is 0 Å². The number of alkyl carbamates (subject to hydrolysis) is 1. The van der Waals surface area contributed by atoms with E-state index in [-0.39, 0.29) is 24.0 Å². The van der Waals surface area contributed by atoms with Crippen molar-refractivity contribution in [3.05, 3.63) is 0 Å². The van der Waals surface area contributed by atoms with E-state index >= 15 is 0 Å². The number of aliphatic hydroxyl groups excluding tert-OH is 1. The van der Waals surface area contributed by atoms with Gasteiger partial charge in [-0.1, -0.05) is 12.8 Å². The molecule has 4 unspecified atom stereocenters. The van der Waals surface area contributed by atoms with Crippen LogP contribution in [0.25, 0.3) is 0 Å². The third kappa shape index (κ3) is 7.77. The number of nitrogens with one attached hydrogen (secondary N) is 2. The van der Waals surface area contributed by atoms with Crippen molar-refractivity contribution in [2.75, 3.05) is 19.4 Å². The second-order valence-electron chi connectivity index (χ2n) is 7.45. The van der Waals surface area contributed by atoms with Gasteiger partial charge >= 0.3 is 6.09 Å². The van der Waals surface area contributed by atoms with Gasteiger partial charge in [0.2, 0.25) is 0 Å². The first-order valence-corrected chi connectivity index (χ1v) is 9.92. The Bertz CT molecular complexity index is 356. The summed E-state index contributed by atoms with van der Waals surface area (Å²) in [5, 5.41) is 16.2. The van der Waals surface area contributed by atoms with Gasteiger partial charge in [0.25, 0.3) is 0 Å². The molecule has 1 amide bonds. The van der Waals surface area contributed by atoms with Gasteiger partial charge in [0.05, 0.1) is 6.61 Å². The number of ether oxygens (including phenoxy) is 1. The van der Waals surface area contributed by atoms with E-state index in [0.29, 0.717) is 18.5 Å². The molecule has 0 aromatic heterocycles. The van der Waals surface area contributed by atoms with Crippen LogP contribution in [0.5, 0.6) is 0 Å². The molecule has 136 valence electrons. The number of aliphatic hydroxyl groups is 1. The molecule has 0 aliphatic heterocycles. The number of amides is 1. The van der Waals surface area contributed by atoms with E-state index in [4.69, 9.17) is 4.74 Å². The standard InChI is InChI=1S/C17H34N2O3S/c1-12(15(11-20)23-5)19-14-9-7-6-8-13(14)10-18-16(21)22-17(2,3)4/h12-15,19-20H,6-11H2,1-5H3,(H,18,21). The molecule has 3 N–H and O–H groups in total. The summed E-state index contributed by atoms with van der Waals surface area (Å²) in [6.45, 7) is 8.57. The first kappa shape index (κ1) is 20.6. The molecule has 0 aromatic carbocycles. The maximum atomic E-state index is 11.8. The summed E-state index contributed by atoms with van der Waals surface area (Å²) in [7, 11) is 0. The molecular formula is C17H34N2O3S. The van der Waals surface area contributed by atoms with E-state index in [1.807, 2.05) is 27.0 Å². The maximum absolute atomic E-state index is 11.8. The van der Waals surface area contributed by atoms with Gasteiger partial charge < -0.3 is 20.5 Å². The van der Waals surface area contributed by atoms with Crippen LogP contribution in [0, 0.1) is 5.92 Å². The Hall–Kier alpha value is -0.460. The van der Waals surface area contributed by atoms with Crippen molar-refractivity contribution in [1.29, 1.82) is 0 Å². The van der Waals surface area contributed by atoms with E-state index in [9.17, 15) is 9.90 Å². The molecular weight excluding hydrogens is 312 g/mol. The normalized spacial score (nSPS) is 24.8. The Balaban J connectivity index is 2.49. The summed E-state index contributed by atoms with van der Waals surface area (Å²) < 4.78 is 5.31. The van der Waals surface area contributed by atoms with Crippen LogP contribution in [0.1, 0.15) is 53.4 Å². The highest BCUT2D eigenvalue weighted by molar-refractivity contribution is 7.99. The summed E-state index contributed by atoms with van der Waals surface area (Å²) >= 11 is 1.69. The molecule has 0 heterocycles. The highest BCUT2D eigenvalue weighted by Crippen LogP contribution is 2.25. The largest absolute Gasteiger partial charge is 0.444 e. The van der Waals surface area contributed by atoms with Crippen LogP contribution in [0.3, 0.4) is 0 Å². The van der Waals surface area contributed by atoms with E-state index in [1.54, 1.807) is 11.8 Å². The van der Waals surface area contributed by atoms with Gasteiger partial charge in [-0.05, 0) is 52.7 Å². The zero-order valence-electron chi connectivity index (χ0n) is 15.2. The minimum absolute atomic E-state index is 0.183. The highest BCUT2D eigenvalue weighted by Gasteiger charge is 2.29. The molecule has 6 heteroatoms. The number of thioether (sulfide) groups is 1. The van der Waals surface area contributed by atoms with E-state index < -0.39 is 5.60 Å². The van der Waals surface area contributed by atoms with Gasteiger partial charge in [0.1, 0.15) is 5.60 Å². The van der Waals surface area contributed by atoms with E-state index in [1.165, 1.54) is 12.8 Å². The van der Waals surface area contributed by atoms with Crippen molar-refractivity contribution in [2.45, 2.75) is 76.3 Å². The average molecular weight is 347 g/mol. The molecule has 1 aliphatic rings. The summed E-state index contributed by atoms with van der Waals surface area (Å²) in [5.74, 6) is 0.417. The molecule has 0 spiro atoms. The number of hydrogen-bond acceptors (Lipinski definition) is 5. The predicted molar refractivity (Wildman–Crippen MR) is 97.0 cm³/mol. The molecule has 0 bridgehead atoms. The molecule has 1 rings (SSSR count). The van der Waals surface area contributed by atoms with Crippen molar-refractivity contribution >= 4 is 17.9 Å². The van der Waals surface area contributed by atoms with E-state index in [0.717, 1.165) is 12.8 Å². The minimum Gasteiger partial charge on any atom is -0.444 e. The van der Waals surface area contributed by atoms with Crippen LogP contribution in [0.15, 0.2) is 0 Å². The number of hydrogen-bond donors (Lipinski definition) is 3. The summed E-state index contributed by atoms with van der Waals surface area (Å²) in [6.07, 6.45) is 6.35. The highest BCUT2D eigenvalue weighted by atomic mass is 32.2. The molecule has 0 saturated heterocycles. The topological polar surface area (TPSA) is 70.6 Å². The monoisotopic (exact) mass is 346 g/mol. The Morgan fingerprint density at radius 2 is 2.00 bits per heavy atom. The SMILES string of the molecule is CSC(CO)C(C)NC1CCCCC1CNC(=O)OC(C)(C)C. The second-order valence-corrected chi connectivity index (χ2v) is 8.52. The van der Waals surface area contributed by atoms with Gasteiger partial charge in [-0.15, -0.1) is 0 Å². The van der Waals surface area contributed by atoms with Crippen molar-refractivity contribution in [2.24, 2.45) is 5.92 Å². The third-order valence-electron chi connectivity index (χ3n) is 4.33. The van der Waals surface area contributed by atoms with Gasteiger partial charge in [-0.25, -0.2) is 4.79 Å². The zero-order chi connectivity index (χ0) is 17.5. The fourth-order valence-corrected chi connectivity index (χ4v) is 3.72. The van der Waals surface area contributed by atoms with Crippen molar-refractivity contribution in [3.63, 3.8) is 0 Å². The van der Waals surface area contributed by atoms with Crippen LogP contribution in [0.4, 0.5) is 4.79 Å². The lowest BCUT2D eigenvalue weighted by atomic mass is 9.84. The first-order valence-electron chi connectivity index (χ1n) is 8.63. The molecule has 4 atom stereocenters. The lowest BCUT2D eigenvalue weighted by molar-refractivity contribution is 0.0510. The molecule has 1 fully saturated rings. The first-order chi connectivity index (χ1) is 10.8. The van der Waals surface area contributed by atoms with Gasteiger partial charge in [-0.3, -0.25) is 0 Å². The zero-order valence-corrected chi connectivity index (χ0v) is 16.0. The van der Waals surface area contributed by atoms with Crippen molar-refractivity contribution in [1.82, 2.24) is 10.6 Å². The summed E-state index contributed by atoms with van der Waals surface area (Å²) in [5.41, 5.74) is -0.463. The van der Waals surface area contributed by atoms with Crippen LogP contribution in [0.2, 0.25) is 0 Å². The number of carbonyl (C=O) groups excluding carboxylic acids is 1. The number of rotatable bonds is 7. The van der Waals surface area contributed by atoms with Crippen molar-refractivity contribution < 1.29 is 14.6 Å². The molecule has 5 nitrogen and oxygen atoms in total. The van der Waals surface area contributed by atoms with Crippen LogP contribution >= 0.6 is 11.8 Å². The summed E-state index contributed by atoms with van der Waals surface area (Å²) in [4.78, 5) is 11.8. The Kier molecular flexibility index (Phi) is 8.72. The van der Waals surface area contributed by atoms with Crippen LogP contribution in [-0.4, -0.2) is 53.5 Å². The molecule has 1 aliphatic carbocycles. The minimum atomic E-state index is -0.463. The molecule has 0 radical (unpaired) electrons. The van der Waals surface area contributed by atoms with Crippen LogP contribution in [-0.2, 0) is 4.74 Å². The van der Waals surface area contributed by atoms with Gasteiger partial charge in [0, 0.05) is 23.9 Å². The maximum Gasteiger partial charge on any atom is 0.407 e. The molecule has 1 saturated carbocycles. The van der Waals surface area contributed by atoms with Gasteiger partial charge in [-0.2, -0.15) is 11.8 Å². The predicted octanol–water partition coefficient (Wildman–Crippen LogP) is 2.77. The Labute approximate surface area is 145 Å². The molecule has 0 aromatic rings. The van der Waals surface area contributed by atoms with Crippen LogP contribution < -0.4 is 10.6 Å². The third-order valence-corrected chi connectivity index (χ3v) is 5.50. The summed E-state index contributed by atoms with van der Waals surface area (Å²) in [6, 6.07) is 0.636. The number of carbonyl (C=O) groups is 1. The Morgan fingerprint density at radius 3 is 2.57 bits per heavy atom. The van der Waals surface area contributed by atoms with Gasteiger partial charge in [0.15, 0.2) is 0 Å². The average Bonchev–Trinajstić information content (AvgIpc) is 2.46. The fourth-order valence-electron chi connectivity index (χ4n) is 3.08. The fraction of sp³-hybridized carbons (Fsp3) is 0.941. The quantitative estimate of drug-likeness (QED) is 0.661. The lowest BCUT2D eigenvalue weighted by Crippen LogP contribution is -2.50. The van der Waals surface area contributed by atoms with E-state index in [2.05, 4.69) is 17.6 Å². The Morgan fingerprint density at radius 1 is 1.35 bits per heavy atom. The second kappa shape index (κ2) is 9.74. The lowest BCUT2D eigenvalue weighted by Gasteiger charge is -2.36. The smallest absolute Gasteiger partial charge is 0.407 e.